The number of halogens is 1. The molecule has 2 N–H and O–H groups in total. The highest BCUT2D eigenvalue weighted by atomic mass is 79.9. The standard InChI is InChI=1S/C16H14BrNO3/c17-10-2-3-11-12(18)7-14(21-15(11)6-10)9-1-4-13-16(5-9)20-8-19-13/h1-6,12,14H,7-8,18H2/t12-,14?/m0/s1. The highest BCUT2D eigenvalue weighted by Gasteiger charge is 2.28. The molecule has 2 aromatic rings. The van der Waals surface area contributed by atoms with Gasteiger partial charge < -0.3 is 19.9 Å². The lowest BCUT2D eigenvalue weighted by molar-refractivity contribution is 0.160. The van der Waals surface area contributed by atoms with Crippen molar-refractivity contribution in [2.24, 2.45) is 5.73 Å². The number of ether oxygens (including phenoxy) is 3. The van der Waals surface area contributed by atoms with Crippen LogP contribution in [-0.2, 0) is 0 Å². The highest BCUT2D eigenvalue weighted by Crippen LogP contribution is 2.43. The Balaban J connectivity index is 1.68. The van der Waals surface area contributed by atoms with Gasteiger partial charge in [0.05, 0.1) is 0 Å². The van der Waals surface area contributed by atoms with Crippen molar-refractivity contribution in [3.05, 3.63) is 52.0 Å². The van der Waals surface area contributed by atoms with Crippen molar-refractivity contribution in [3.63, 3.8) is 0 Å². The van der Waals surface area contributed by atoms with E-state index in [1.807, 2.05) is 36.4 Å². The molecule has 0 amide bonds. The van der Waals surface area contributed by atoms with Crippen LogP contribution in [0, 0.1) is 0 Å². The molecular formula is C16H14BrNO3. The van der Waals surface area contributed by atoms with Crippen molar-refractivity contribution in [2.75, 3.05) is 6.79 Å². The van der Waals surface area contributed by atoms with Gasteiger partial charge in [-0.1, -0.05) is 28.1 Å². The van der Waals surface area contributed by atoms with Crippen LogP contribution < -0.4 is 19.9 Å². The van der Waals surface area contributed by atoms with E-state index in [0.29, 0.717) is 0 Å². The fraction of sp³-hybridized carbons (Fsp3) is 0.250. The number of fused-ring (bicyclic) bond motifs is 2. The van der Waals surface area contributed by atoms with Crippen molar-refractivity contribution in [1.82, 2.24) is 0 Å². The molecule has 108 valence electrons. The SMILES string of the molecule is N[C@H]1CC(c2ccc3c(c2)OCO3)Oc2cc(Br)ccc21. The molecule has 2 aliphatic rings. The van der Waals surface area contributed by atoms with Gasteiger partial charge in [-0.05, 0) is 29.8 Å². The van der Waals surface area contributed by atoms with Crippen LogP contribution in [0.25, 0.3) is 0 Å². The Bertz CT molecular complexity index is 704. The summed E-state index contributed by atoms with van der Waals surface area (Å²) in [5.74, 6) is 2.39. The van der Waals surface area contributed by atoms with Gasteiger partial charge in [0.2, 0.25) is 6.79 Å². The van der Waals surface area contributed by atoms with Crippen LogP contribution >= 0.6 is 15.9 Å². The first-order valence-corrected chi connectivity index (χ1v) is 7.61. The second kappa shape index (κ2) is 4.93. The van der Waals surface area contributed by atoms with Gasteiger partial charge in [-0.3, -0.25) is 0 Å². The second-order valence-corrected chi connectivity index (χ2v) is 6.16. The fourth-order valence-electron chi connectivity index (χ4n) is 2.79. The Labute approximate surface area is 130 Å². The minimum absolute atomic E-state index is 0.0303. The van der Waals surface area contributed by atoms with Crippen LogP contribution in [0.5, 0.6) is 17.2 Å². The monoisotopic (exact) mass is 347 g/mol. The molecule has 2 aliphatic heterocycles. The maximum Gasteiger partial charge on any atom is 0.231 e. The molecule has 4 nitrogen and oxygen atoms in total. The van der Waals surface area contributed by atoms with Gasteiger partial charge in [-0.15, -0.1) is 0 Å². The van der Waals surface area contributed by atoms with E-state index in [0.717, 1.165) is 39.3 Å². The predicted octanol–water partition coefficient (Wildman–Crippen LogP) is 3.70. The lowest BCUT2D eigenvalue weighted by atomic mass is 9.93. The van der Waals surface area contributed by atoms with Gasteiger partial charge in [0.15, 0.2) is 11.5 Å². The first-order chi connectivity index (χ1) is 10.2. The zero-order chi connectivity index (χ0) is 14.4. The first-order valence-electron chi connectivity index (χ1n) is 6.82. The third kappa shape index (κ3) is 2.26. The van der Waals surface area contributed by atoms with Crippen molar-refractivity contribution >= 4 is 15.9 Å². The Hall–Kier alpha value is -1.72. The third-order valence-corrected chi connectivity index (χ3v) is 4.37. The van der Waals surface area contributed by atoms with Gasteiger partial charge in [0.25, 0.3) is 0 Å². The second-order valence-electron chi connectivity index (χ2n) is 5.24. The van der Waals surface area contributed by atoms with Gasteiger partial charge in [-0.2, -0.15) is 0 Å². The largest absolute Gasteiger partial charge is 0.485 e. The number of rotatable bonds is 1. The minimum Gasteiger partial charge on any atom is -0.485 e. The van der Waals surface area contributed by atoms with E-state index in [2.05, 4.69) is 15.9 Å². The average Bonchev–Trinajstić information content (AvgIpc) is 2.94. The minimum atomic E-state index is -0.0729. The van der Waals surface area contributed by atoms with Crippen LogP contribution in [0.1, 0.15) is 29.7 Å². The van der Waals surface area contributed by atoms with Crippen molar-refractivity contribution in [2.45, 2.75) is 18.6 Å². The van der Waals surface area contributed by atoms with Gasteiger partial charge >= 0.3 is 0 Å². The summed E-state index contributed by atoms with van der Waals surface area (Å²) < 4.78 is 17.9. The molecule has 1 unspecified atom stereocenters. The topological polar surface area (TPSA) is 53.7 Å². The Morgan fingerprint density at radius 1 is 1.00 bits per heavy atom. The van der Waals surface area contributed by atoms with Crippen LogP contribution in [0.3, 0.4) is 0 Å². The summed E-state index contributed by atoms with van der Waals surface area (Å²) in [7, 11) is 0. The predicted molar refractivity (Wildman–Crippen MR) is 81.6 cm³/mol. The molecule has 5 heteroatoms. The van der Waals surface area contributed by atoms with Gasteiger partial charge in [0, 0.05) is 22.5 Å². The summed E-state index contributed by atoms with van der Waals surface area (Å²) in [5, 5.41) is 0. The quantitative estimate of drug-likeness (QED) is 0.854. The molecule has 0 aromatic heterocycles. The Morgan fingerprint density at radius 2 is 1.86 bits per heavy atom. The van der Waals surface area contributed by atoms with Crippen LogP contribution in [0.2, 0.25) is 0 Å². The Morgan fingerprint density at radius 3 is 2.76 bits per heavy atom. The summed E-state index contributed by atoms with van der Waals surface area (Å²) in [4.78, 5) is 0. The molecule has 2 heterocycles. The maximum absolute atomic E-state index is 6.29. The number of benzene rings is 2. The fourth-order valence-corrected chi connectivity index (χ4v) is 3.13. The van der Waals surface area contributed by atoms with Crippen LogP contribution in [0.4, 0.5) is 0 Å². The van der Waals surface area contributed by atoms with Crippen molar-refractivity contribution in [1.29, 1.82) is 0 Å². The van der Waals surface area contributed by atoms with Crippen molar-refractivity contribution in [3.8, 4) is 17.2 Å². The molecule has 21 heavy (non-hydrogen) atoms. The molecular weight excluding hydrogens is 334 g/mol. The highest BCUT2D eigenvalue weighted by molar-refractivity contribution is 9.10. The normalized spacial score (nSPS) is 22.6. The number of hydrogen-bond donors (Lipinski definition) is 1. The molecule has 0 spiro atoms. The summed E-state index contributed by atoms with van der Waals surface area (Å²) in [6.45, 7) is 0.277. The van der Waals surface area contributed by atoms with Crippen molar-refractivity contribution < 1.29 is 14.2 Å². The molecule has 0 saturated carbocycles. The summed E-state index contributed by atoms with van der Waals surface area (Å²) in [6, 6.07) is 11.8. The summed E-state index contributed by atoms with van der Waals surface area (Å²) in [6.07, 6.45) is 0.671. The zero-order valence-corrected chi connectivity index (χ0v) is 12.8. The van der Waals surface area contributed by atoms with Gasteiger partial charge in [-0.25, -0.2) is 0 Å². The summed E-state index contributed by atoms with van der Waals surface area (Å²) in [5.41, 5.74) is 8.39. The third-order valence-electron chi connectivity index (χ3n) is 3.88. The van der Waals surface area contributed by atoms with E-state index in [1.165, 1.54) is 0 Å². The number of hydrogen-bond acceptors (Lipinski definition) is 4. The zero-order valence-electron chi connectivity index (χ0n) is 11.2. The molecule has 0 aliphatic carbocycles. The lowest BCUT2D eigenvalue weighted by Crippen LogP contribution is -2.24. The molecule has 0 fully saturated rings. The molecule has 2 aromatic carbocycles. The van der Waals surface area contributed by atoms with Crippen LogP contribution in [0.15, 0.2) is 40.9 Å². The van der Waals surface area contributed by atoms with E-state index in [4.69, 9.17) is 19.9 Å². The summed E-state index contributed by atoms with van der Waals surface area (Å²) >= 11 is 3.47. The average molecular weight is 348 g/mol. The Kier molecular flexibility index (Phi) is 3.05. The van der Waals surface area contributed by atoms with E-state index in [9.17, 15) is 0 Å². The van der Waals surface area contributed by atoms with E-state index in [1.54, 1.807) is 0 Å². The number of nitrogens with two attached hydrogens (primary N) is 1. The van der Waals surface area contributed by atoms with E-state index in [-0.39, 0.29) is 18.9 Å². The molecule has 0 saturated heterocycles. The molecule has 4 rings (SSSR count). The molecule has 0 bridgehead atoms. The van der Waals surface area contributed by atoms with Gasteiger partial charge in [0.1, 0.15) is 11.9 Å². The molecule has 0 radical (unpaired) electrons. The lowest BCUT2D eigenvalue weighted by Gasteiger charge is -2.30. The van der Waals surface area contributed by atoms with E-state index < -0.39 is 0 Å². The maximum atomic E-state index is 6.29. The molecule has 2 atom stereocenters. The first kappa shape index (κ1) is 13.0. The van der Waals surface area contributed by atoms with Crippen LogP contribution in [-0.4, -0.2) is 6.79 Å². The smallest absolute Gasteiger partial charge is 0.231 e. The van der Waals surface area contributed by atoms with E-state index >= 15 is 0 Å².